The van der Waals surface area contributed by atoms with Crippen molar-refractivity contribution in [2.24, 2.45) is 30.0 Å². The number of esters is 3. The van der Waals surface area contributed by atoms with Crippen LogP contribution >= 0.6 is 0 Å². The van der Waals surface area contributed by atoms with E-state index in [0.717, 1.165) is 96.3 Å². The van der Waals surface area contributed by atoms with Crippen molar-refractivity contribution in [3.8, 4) is 34.5 Å². The van der Waals surface area contributed by atoms with Crippen molar-refractivity contribution in [2.45, 2.75) is 157 Å². The fraction of sp³-hybridized carbons (Fsp3) is 0.500. The van der Waals surface area contributed by atoms with Gasteiger partial charge in [0, 0.05) is 52.5 Å². The van der Waals surface area contributed by atoms with Gasteiger partial charge in [0.2, 0.25) is 0 Å². The number of carbonyl (C=O) groups is 3. The van der Waals surface area contributed by atoms with E-state index in [-0.39, 0.29) is 107 Å². The normalized spacial score (nSPS) is 12.3. The Hall–Kier alpha value is -7.89. The highest BCUT2D eigenvalue weighted by Crippen LogP contribution is 2.43. The second kappa shape index (κ2) is 38.8. The Morgan fingerprint density at radius 3 is 0.881 bits per heavy atom. The maximum Gasteiger partial charge on any atom is 0.338 e. The molecule has 0 aliphatic carbocycles. The SMILES string of the molecule is CCCCCCCCOC(=O)c1ccc(O)c(C=NCCN=C(C)c2c(O)c(C(C)=NCCN=Cc3cc(C(=O)OCCCCCCCC)ccc3O)c(O)c(C(C)=NCCN=Cc3cc(C(=O)OCCCCCCCC)ccc3O)c2O)c1. The maximum absolute atomic E-state index is 12.8. The van der Waals surface area contributed by atoms with Crippen molar-refractivity contribution in [1.82, 2.24) is 0 Å². The van der Waals surface area contributed by atoms with E-state index in [4.69, 9.17) is 14.2 Å². The summed E-state index contributed by atoms with van der Waals surface area (Å²) in [5.41, 5.74) is 2.05. The van der Waals surface area contributed by atoms with E-state index in [2.05, 4.69) is 50.7 Å². The minimum Gasteiger partial charge on any atom is -0.507 e. The number of phenolic OH excluding ortho intramolecular Hbond substituents is 6. The summed E-state index contributed by atoms with van der Waals surface area (Å²) in [6.45, 7) is 12.7. The predicted molar refractivity (Wildman–Crippen MR) is 335 cm³/mol. The zero-order chi connectivity index (χ0) is 61.1. The van der Waals surface area contributed by atoms with Crippen LogP contribution in [0.1, 0.15) is 222 Å². The molecular weight excluding hydrogens is 1070 g/mol. The molecule has 0 aromatic heterocycles. The first-order valence-corrected chi connectivity index (χ1v) is 30.0. The van der Waals surface area contributed by atoms with E-state index in [1.165, 1.54) is 92.5 Å². The first-order chi connectivity index (χ1) is 40.6. The number of ether oxygens (including phenoxy) is 3. The van der Waals surface area contributed by atoms with Crippen molar-refractivity contribution >= 4 is 53.7 Å². The molecule has 0 bridgehead atoms. The molecule has 0 heterocycles. The molecule has 0 atom stereocenters. The van der Waals surface area contributed by atoms with Crippen LogP contribution in [-0.2, 0) is 14.2 Å². The van der Waals surface area contributed by atoms with E-state index in [9.17, 15) is 45.0 Å². The standard InChI is InChI=1S/C66H90N6O12/c1-7-10-13-16-19-22-37-82-64(79)49-25-28-55(73)52(40-49)43-67-31-34-70-46(4)58-61(76)59(47(5)71-35-32-68-44-53-41-50(26-29-56(53)74)65(80)83-38-23-20-17-14-11-8-2)63(78)60(62(58)77)48(6)72-36-33-69-45-54-42-51(27-30-57(54)75)66(81)84-39-24-21-18-15-12-9-3/h25-30,40-45,73-78H,7-24,31-39H2,1-6H3. The summed E-state index contributed by atoms with van der Waals surface area (Å²) in [5.74, 6) is -3.22. The summed E-state index contributed by atoms with van der Waals surface area (Å²) in [6, 6.07) is 13.2. The van der Waals surface area contributed by atoms with E-state index in [1.54, 1.807) is 20.8 Å². The summed E-state index contributed by atoms with van der Waals surface area (Å²) in [4.78, 5) is 65.4. The zero-order valence-electron chi connectivity index (χ0n) is 50.3. The van der Waals surface area contributed by atoms with Crippen LogP contribution in [0.15, 0.2) is 84.6 Å². The summed E-state index contributed by atoms with van der Waals surface area (Å²) >= 11 is 0. The van der Waals surface area contributed by atoms with E-state index in [0.29, 0.717) is 36.5 Å². The highest BCUT2D eigenvalue weighted by Gasteiger charge is 2.28. The zero-order valence-corrected chi connectivity index (χ0v) is 50.3. The predicted octanol–water partition coefficient (Wildman–Crippen LogP) is 13.3. The monoisotopic (exact) mass is 1160 g/mol. The second-order valence-electron chi connectivity index (χ2n) is 20.7. The van der Waals surface area contributed by atoms with Crippen LogP contribution in [0, 0.1) is 0 Å². The third-order valence-corrected chi connectivity index (χ3v) is 13.9. The molecule has 0 amide bonds. The number of aromatic hydroxyl groups is 6. The van der Waals surface area contributed by atoms with Gasteiger partial charge in [-0.1, -0.05) is 117 Å². The largest absolute Gasteiger partial charge is 0.507 e. The number of rotatable bonds is 39. The van der Waals surface area contributed by atoms with Gasteiger partial charge in [0.05, 0.1) is 92.5 Å². The molecule has 4 rings (SSSR count). The molecule has 0 aliphatic rings. The van der Waals surface area contributed by atoms with E-state index in [1.807, 2.05) is 0 Å². The van der Waals surface area contributed by atoms with Gasteiger partial charge >= 0.3 is 17.9 Å². The number of benzene rings is 4. The molecule has 0 radical (unpaired) electrons. The lowest BCUT2D eigenvalue weighted by Crippen LogP contribution is -2.10. The van der Waals surface area contributed by atoms with Gasteiger partial charge < -0.3 is 44.8 Å². The van der Waals surface area contributed by atoms with Gasteiger partial charge in [0.15, 0.2) is 0 Å². The number of unbranched alkanes of at least 4 members (excludes halogenated alkanes) is 15. The van der Waals surface area contributed by atoms with E-state index >= 15 is 0 Å². The smallest absolute Gasteiger partial charge is 0.338 e. The van der Waals surface area contributed by atoms with Gasteiger partial charge in [0.1, 0.15) is 34.5 Å². The van der Waals surface area contributed by atoms with Gasteiger partial charge in [-0.2, -0.15) is 0 Å². The van der Waals surface area contributed by atoms with Gasteiger partial charge in [-0.15, -0.1) is 0 Å². The van der Waals surface area contributed by atoms with Crippen molar-refractivity contribution in [2.75, 3.05) is 59.1 Å². The van der Waals surface area contributed by atoms with Gasteiger partial charge in [-0.25, -0.2) is 14.4 Å². The highest BCUT2D eigenvalue weighted by atomic mass is 16.5. The van der Waals surface area contributed by atoms with E-state index < -0.39 is 35.2 Å². The maximum atomic E-state index is 12.8. The average molecular weight is 1160 g/mol. The van der Waals surface area contributed by atoms with Crippen LogP contribution in [0.5, 0.6) is 34.5 Å². The molecule has 6 N–H and O–H groups in total. The molecule has 4 aromatic carbocycles. The quantitative estimate of drug-likeness (QED) is 0.0105. The molecule has 0 fully saturated rings. The molecule has 84 heavy (non-hydrogen) atoms. The molecule has 0 saturated carbocycles. The second-order valence-corrected chi connectivity index (χ2v) is 20.7. The molecule has 0 unspecified atom stereocenters. The van der Waals surface area contributed by atoms with Crippen molar-refractivity contribution < 1.29 is 59.2 Å². The highest BCUT2D eigenvalue weighted by molar-refractivity contribution is 6.16. The fourth-order valence-corrected chi connectivity index (χ4v) is 9.04. The Bertz CT molecular complexity index is 2600. The van der Waals surface area contributed by atoms with Crippen LogP contribution in [0.3, 0.4) is 0 Å². The fourth-order valence-electron chi connectivity index (χ4n) is 9.04. The number of carbonyl (C=O) groups excluding carboxylic acids is 3. The molecule has 18 heteroatoms. The molecular formula is C66H90N6O12. The van der Waals surface area contributed by atoms with Crippen LogP contribution in [0.25, 0.3) is 0 Å². The molecule has 4 aromatic rings. The van der Waals surface area contributed by atoms with Crippen LogP contribution in [0.2, 0.25) is 0 Å². The number of nitrogens with zero attached hydrogens (tertiary/aromatic N) is 6. The van der Waals surface area contributed by atoms with Crippen molar-refractivity contribution in [1.29, 1.82) is 0 Å². The lowest BCUT2D eigenvalue weighted by Gasteiger charge is -2.18. The lowest BCUT2D eigenvalue weighted by molar-refractivity contribution is 0.0488. The van der Waals surface area contributed by atoms with Crippen LogP contribution < -0.4 is 0 Å². The first-order valence-electron chi connectivity index (χ1n) is 30.0. The van der Waals surface area contributed by atoms with Gasteiger partial charge in [-0.3, -0.25) is 30.0 Å². The third-order valence-electron chi connectivity index (χ3n) is 13.9. The molecule has 0 saturated heterocycles. The lowest BCUT2D eigenvalue weighted by atomic mass is 9.93. The van der Waals surface area contributed by atoms with Crippen molar-refractivity contribution in [3.63, 3.8) is 0 Å². The Balaban J connectivity index is 1.53. The Labute approximate surface area is 496 Å². The first kappa shape index (κ1) is 68.6. The Morgan fingerprint density at radius 2 is 0.619 bits per heavy atom. The Morgan fingerprint density at radius 1 is 0.369 bits per heavy atom. The van der Waals surface area contributed by atoms with Gasteiger partial charge in [-0.05, 0) is 94.6 Å². The van der Waals surface area contributed by atoms with Crippen LogP contribution in [-0.4, -0.2) is 143 Å². The average Bonchev–Trinajstić information content (AvgIpc) is 2.39. The van der Waals surface area contributed by atoms with Crippen molar-refractivity contribution in [3.05, 3.63) is 105 Å². The number of hydrogen-bond donors (Lipinski definition) is 6. The third kappa shape index (κ3) is 23.4. The minimum atomic E-state index is -0.496. The summed E-state index contributed by atoms with van der Waals surface area (Å²) in [7, 11) is 0. The summed E-state index contributed by atoms with van der Waals surface area (Å²) in [6.07, 6.45) is 23.3. The summed E-state index contributed by atoms with van der Waals surface area (Å²) in [5, 5.41) is 67.3. The topological polar surface area (TPSA) is 274 Å². The number of phenols is 6. The molecule has 0 spiro atoms. The molecule has 456 valence electrons. The van der Waals surface area contributed by atoms with Crippen LogP contribution in [0.4, 0.5) is 0 Å². The summed E-state index contributed by atoms with van der Waals surface area (Å²) < 4.78 is 16.4. The molecule has 18 nitrogen and oxygen atoms in total. The number of aliphatic imine (C=N–C) groups is 6. The minimum absolute atomic E-state index is 0.0708. The molecule has 0 aliphatic heterocycles. The Kier molecular flexibility index (Phi) is 31.7. The van der Waals surface area contributed by atoms with Gasteiger partial charge in [0.25, 0.3) is 0 Å². The number of hydrogen-bond acceptors (Lipinski definition) is 18.